The van der Waals surface area contributed by atoms with Gasteiger partial charge in [-0.25, -0.2) is 4.52 Å². The van der Waals surface area contributed by atoms with Gasteiger partial charge in [0.25, 0.3) is 0 Å². The SMILES string of the molecule is CO[P+]1([O-])CN1C(C)(C)C. The smallest absolute Gasteiger partial charge is 0.195 e. The van der Waals surface area contributed by atoms with E-state index >= 15 is 0 Å². The summed E-state index contributed by atoms with van der Waals surface area (Å²) < 4.78 is 6.76. The van der Waals surface area contributed by atoms with Crippen LogP contribution in [0.4, 0.5) is 0 Å². The Labute approximate surface area is 62.5 Å². The second-order valence-electron chi connectivity index (χ2n) is 3.53. The second-order valence-corrected chi connectivity index (χ2v) is 5.94. The van der Waals surface area contributed by atoms with Gasteiger partial charge in [0.15, 0.2) is 14.2 Å². The van der Waals surface area contributed by atoms with Crippen molar-refractivity contribution in [2.75, 3.05) is 13.4 Å². The van der Waals surface area contributed by atoms with Crippen LogP contribution in [0.25, 0.3) is 0 Å². The van der Waals surface area contributed by atoms with Gasteiger partial charge in [0, 0.05) is 0 Å². The first-order valence-electron chi connectivity index (χ1n) is 3.33. The molecule has 1 aliphatic heterocycles. The van der Waals surface area contributed by atoms with Crippen molar-refractivity contribution >= 4 is 7.87 Å². The number of rotatable bonds is 1. The molecule has 0 spiro atoms. The maximum Gasteiger partial charge on any atom is 0.195 e. The molecule has 0 amide bonds. The third-order valence-electron chi connectivity index (χ3n) is 1.66. The molecule has 0 aromatic heterocycles. The summed E-state index contributed by atoms with van der Waals surface area (Å²) in [6.07, 6.45) is 0.618. The Hall–Kier alpha value is 0.310. The van der Waals surface area contributed by atoms with Gasteiger partial charge in [-0.1, -0.05) is 0 Å². The summed E-state index contributed by atoms with van der Waals surface area (Å²) in [7, 11) is -0.788. The van der Waals surface area contributed by atoms with Gasteiger partial charge in [0.1, 0.15) is 0 Å². The topological polar surface area (TPSA) is 35.3 Å². The van der Waals surface area contributed by atoms with Crippen LogP contribution in [-0.2, 0) is 4.52 Å². The van der Waals surface area contributed by atoms with Crippen molar-refractivity contribution in [1.82, 2.24) is 4.67 Å². The van der Waals surface area contributed by atoms with Crippen LogP contribution in [0.15, 0.2) is 0 Å². The van der Waals surface area contributed by atoms with Crippen LogP contribution in [0.1, 0.15) is 20.8 Å². The zero-order valence-electron chi connectivity index (χ0n) is 6.92. The molecule has 1 heterocycles. The fourth-order valence-electron chi connectivity index (χ4n) is 0.967. The second kappa shape index (κ2) is 2.15. The summed E-state index contributed by atoms with van der Waals surface area (Å²) >= 11 is 0. The van der Waals surface area contributed by atoms with E-state index in [1.807, 2.05) is 25.4 Å². The molecule has 1 aliphatic rings. The fourth-order valence-corrected chi connectivity index (χ4v) is 3.21. The van der Waals surface area contributed by atoms with Crippen molar-refractivity contribution in [2.24, 2.45) is 0 Å². The third-order valence-corrected chi connectivity index (χ3v) is 4.02. The molecule has 3 nitrogen and oxygen atoms in total. The van der Waals surface area contributed by atoms with Crippen LogP contribution < -0.4 is 4.89 Å². The Morgan fingerprint density at radius 1 is 1.50 bits per heavy atom. The quantitative estimate of drug-likeness (QED) is 0.424. The van der Waals surface area contributed by atoms with E-state index in [0.29, 0.717) is 6.29 Å². The van der Waals surface area contributed by atoms with Crippen molar-refractivity contribution in [3.63, 3.8) is 0 Å². The Kier molecular flexibility index (Phi) is 1.80. The van der Waals surface area contributed by atoms with E-state index in [0.717, 1.165) is 0 Å². The van der Waals surface area contributed by atoms with Crippen molar-refractivity contribution in [3.05, 3.63) is 0 Å². The Morgan fingerprint density at radius 3 is 2.10 bits per heavy atom. The molecule has 2 atom stereocenters. The predicted molar refractivity (Wildman–Crippen MR) is 40.4 cm³/mol. The Balaban J connectivity index is 2.52. The molecule has 4 heteroatoms. The van der Waals surface area contributed by atoms with Crippen LogP contribution in [-0.4, -0.2) is 23.6 Å². The van der Waals surface area contributed by atoms with Crippen molar-refractivity contribution < 1.29 is 9.42 Å². The van der Waals surface area contributed by atoms with Crippen LogP contribution >= 0.6 is 7.87 Å². The summed E-state index contributed by atoms with van der Waals surface area (Å²) in [5.41, 5.74) is -0.00840. The van der Waals surface area contributed by atoms with Crippen LogP contribution in [0.5, 0.6) is 0 Å². The fraction of sp³-hybridized carbons (Fsp3) is 1.00. The zero-order valence-corrected chi connectivity index (χ0v) is 7.81. The zero-order chi connectivity index (χ0) is 7.99. The maximum absolute atomic E-state index is 11.4. The van der Waals surface area contributed by atoms with E-state index in [9.17, 15) is 4.89 Å². The average Bonchev–Trinajstić information content (AvgIpc) is 2.43. The number of hydrogen-bond acceptors (Lipinski definition) is 3. The monoisotopic (exact) mass is 163 g/mol. The van der Waals surface area contributed by atoms with Crippen molar-refractivity contribution in [3.8, 4) is 0 Å². The molecule has 0 N–H and O–H groups in total. The standard InChI is InChI=1S/C6H14NO2P/c1-6(2,3)7-5-10(7,8)9-4/h5H2,1-4H3. The van der Waals surface area contributed by atoms with Gasteiger partial charge in [-0.2, -0.15) is 0 Å². The van der Waals surface area contributed by atoms with Gasteiger partial charge in [-0.05, 0) is 20.8 Å². The molecule has 2 unspecified atom stereocenters. The predicted octanol–water partition coefficient (Wildman–Crippen LogP) is 0.827. The normalized spacial score (nSPS) is 39.9. The lowest BCUT2D eigenvalue weighted by molar-refractivity contribution is -0.188. The molecule has 0 bridgehead atoms. The van der Waals surface area contributed by atoms with Crippen molar-refractivity contribution in [2.45, 2.75) is 26.3 Å². The molecular weight excluding hydrogens is 149 g/mol. The highest BCUT2D eigenvalue weighted by molar-refractivity contribution is 7.68. The molecule has 60 valence electrons. The van der Waals surface area contributed by atoms with E-state index in [1.165, 1.54) is 7.11 Å². The summed E-state index contributed by atoms with van der Waals surface area (Å²) in [6, 6.07) is 0. The summed E-state index contributed by atoms with van der Waals surface area (Å²) in [4.78, 5) is 11.4. The summed E-state index contributed by atoms with van der Waals surface area (Å²) in [6.45, 7) is 6.10. The number of hydrogen-bond donors (Lipinski definition) is 0. The van der Waals surface area contributed by atoms with Crippen LogP contribution in [0, 0.1) is 0 Å². The van der Waals surface area contributed by atoms with Gasteiger partial charge in [0.05, 0.1) is 12.6 Å². The van der Waals surface area contributed by atoms with E-state index in [4.69, 9.17) is 4.52 Å². The molecule has 0 aromatic rings. The molecule has 1 fully saturated rings. The van der Waals surface area contributed by atoms with E-state index in [2.05, 4.69) is 0 Å². The molecule has 1 saturated heterocycles. The van der Waals surface area contributed by atoms with Crippen LogP contribution in [0.3, 0.4) is 0 Å². The maximum atomic E-state index is 11.4. The first kappa shape index (κ1) is 8.41. The average molecular weight is 163 g/mol. The van der Waals surface area contributed by atoms with Gasteiger partial charge in [-0.3, -0.25) is 0 Å². The largest absolute Gasteiger partial charge is 0.640 e. The molecule has 0 saturated carbocycles. The van der Waals surface area contributed by atoms with Crippen LogP contribution in [0.2, 0.25) is 0 Å². The molecule has 1 rings (SSSR count). The van der Waals surface area contributed by atoms with Gasteiger partial charge in [0.2, 0.25) is 0 Å². The molecule has 0 radical (unpaired) electrons. The minimum Gasteiger partial charge on any atom is -0.640 e. The Morgan fingerprint density at radius 2 is 2.00 bits per heavy atom. The van der Waals surface area contributed by atoms with E-state index in [-0.39, 0.29) is 5.54 Å². The minimum atomic E-state index is -2.29. The minimum absolute atomic E-state index is 0.00840. The third kappa shape index (κ3) is 1.32. The van der Waals surface area contributed by atoms with Gasteiger partial charge >= 0.3 is 0 Å². The molecule has 0 aliphatic carbocycles. The lowest BCUT2D eigenvalue weighted by Crippen LogP contribution is -2.26. The van der Waals surface area contributed by atoms with Crippen molar-refractivity contribution in [1.29, 1.82) is 0 Å². The molecule has 10 heavy (non-hydrogen) atoms. The lowest BCUT2D eigenvalue weighted by Gasteiger charge is -2.19. The summed E-state index contributed by atoms with van der Waals surface area (Å²) in [5.74, 6) is 0. The van der Waals surface area contributed by atoms with E-state index in [1.54, 1.807) is 0 Å². The number of nitrogens with zero attached hydrogens (tertiary/aromatic N) is 1. The molecular formula is C6H14NO2P. The highest BCUT2D eigenvalue weighted by Crippen LogP contribution is 2.72. The highest BCUT2D eigenvalue weighted by Gasteiger charge is 2.60. The van der Waals surface area contributed by atoms with Gasteiger partial charge < -0.3 is 4.89 Å². The first-order chi connectivity index (χ1) is 4.40. The van der Waals surface area contributed by atoms with Gasteiger partial charge in [-0.15, -0.1) is 4.67 Å². The van der Waals surface area contributed by atoms with E-state index < -0.39 is 7.87 Å². The Bertz CT molecular complexity index is 145. The highest BCUT2D eigenvalue weighted by atomic mass is 31.2. The molecule has 0 aromatic carbocycles. The summed E-state index contributed by atoms with van der Waals surface area (Å²) in [5, 5.41) is 0. The lowest BCUT2D eigenvalue weighted by atomic mass is 10.1. The first-order valence-corrected chi connectivity index (χ1v) is 5.09.